The van der Waals surface area contributed by atoms with E-state index in [1.807, 2.05) is 133 Å². The highest BCUT2D eigenvalue weighted by Crippen LogP contribution is 2.42. The van der Waals surface area contributed by atoms with Gasteiger partial charge in [-0.05, 0) is 255 Å². The van der Waals surface area contributed by atoms with E-state index in [0.717, 1.165) is 164 Å². The molecule has 0 saturated carbocycles. The zero-order valence-electron chi connectivity index (χ0n) is 70.6. The number of nitrogens with one attached hydrogen (secondary N) is 2. The standard InChI is InChI=1S/C27H40N4O4S2.C17H24N4S2.C12H20N2S.C12H16N2S.C10H14ClNS.C8H12N2S.O2/c1-26(2,3)34-24(32)30-16-8-7-12-20-22(14-10-17-28-20)36-37-23-15-11-18-29-21(23)13-9-19-31-25(33)35-27(4,5)6;18-10-2-1-6-14-16(8-4-12-20-14)22-23-17-9-5-13-21-15(17)7-3-11-19;2*1-12(2,3)15-11-7-5-9-14-10(11)6-4-8-13;1-10(2,3)13-9-5-4-6-12-8(9)7-11;9-5-1-3-7-8(11)4-2-6-10-7;1-2/h10-11,14-15,17-18H,7-9,12-13,16,19H2,1-6H3,(H,30,32)(H,31,33);4-5,8-9,12-13H,1-3,6-7,10-11,18-19H2;5,7,9H,4,6,8,13H2,1-3H3;5,7,9H,4,6H2,1-3H3;4-6H,7H2,1-3H3;2,4,6,11H,1,3,5,9H2;. The number of rotatable bonds is 34. The Morgan fingerprint density at radius 3 is 0.948 bits per heavy atom. The highest BCUT2D eigenvalue weighted by Gasteiger charge is 2.21. The Morgan fingerprint density at radius 2 is 0.638 bits per heavy atom. The van der Waals surface area contributed by atoms with Gasteiger partial charge in [0.1, 0.15) is 11.2 Å². The summed E-state index contributed by atoms with van der Waals surface area (Å²) in [6.45, 7) is 34.8. The minimum atomic E-state index is -0.506. The lowest BCUT2D eigenvalue weighted by molar-refractivity contribution is 0.0515. The summed E-state index contributed by atoms with van der Waals surface area (Å²) in [5.74, 6) is 0.485. The summed E-state index contributed by atoms with van der Waals surface area (Å²) in [4.78, 5) is 82.2. The van der Waals surface area contributed by atoms with Gasteiger partial charge in [-0.15, -0.1) is 59.5 Å². The molecule has 0 aliphatic rings. The van der Waals surface area contributed by atoms with Crippen LogP contribution in [0.5, 0.6) is 0 Å². The average molecular weight is 1760 g/mol. The first-order valence-corrected chi connectivity index (χ1v) is 46.7. The number of hydrogen-bond donors (Lipinski definition) is 7. The third-order valence-electron chi connectivity index (χ3n) is 14.6. The first-order chi connectivity index (χ1) is 55.2. The van der Waals surface area contributed by atoms with Crippen LogP contribution in [-0.2, 0) is 60.3 Å². The lowest BCUT2D eigenvalue weighted by Gasteiger charge is -2.19. The molecule has 8 rings (SSSR count). The van der Waals surface area contributed by atoms with E-state index < -0.39 is 17.3 Å². The molecule has 0 atom stereocenters. The number of thiol groups is 1. The van der Waals surface area contributed by atoms with Crippen molar-refractivity contribution in [3.05, 3.63) is 202 Å². The van der Waals surface area contributed by atoms with Gasteiger partial charge in [0, 0.05) is 139 Å². The third-order valence-corrected chi connectivity index (χ3v) is 23.9. The highest BCUT2D eigenvalue weighted by molar-refractivity contribution is 8.77. The van der Waals surface area contributed by atoms with E-state index in [9.17, 15) is 9.59 Å². The molecule has 0 radical (unpaired) electrons. The van der Waals surface area contributed by atoms with Gasteiger partial charge in [0.2, 0.25) is 0 Å². The number of nitrogens with two attached hydrogens (primary N) is 4. The number of alkyl carbamates (subject to hydrolysis) is 2. The van der Waals surface area contributed by atoms with Crippen molar-refractivity contribution in [2.24, 2.45) is 22.9 Å². The van der Waals surface area contributed by atoms with Crippen LogP contribution in [0.4, 0.5) is 9.59 Å². The smallest absolute Gasteiger partial charge is 0.407 e. The molecule has 0 spiro atoms. The quantitative estimate of drug-likeness (QED) is 0.00647. The van der Waals surface area contributed by atoms with Crippen LogP contribution in [0.25, 0.3) is 0 Å². The van der Waals surface area contributed by atoms with Crippen LogP contribution in [0.3, 0.4) is 0 Å². The van der Waals surface area contributed by atoms with Crippen molar-refractivity contribution in [3.63, 3.8) is 0 Å². The van der Waals surface area contributed by atoms with Crippen LogP contribution in [0.2, 0.25) is 0 Å². The van der Waals surface area contributed by atoms with Crippen molar-refractivity contribution in [2.45, 2.75) is 277 Å². The summed E-state index contributed by atoms with van der Waals surface area (Å²) < 4.78 is 11.2. The van der Waals surface area contributed by atoms with E-state index in [4.69, 9.17) is 59.2 Å². The second kappa shape index (κ2) is 60.3. The van der Waals surface area contributed by atoms with E-state index in [1.165, 1.54) is 30.2 Å². The van der Waals surface area contributed by atoms with E-state index >= 15 is 0 Å². The molecule has 30 heteroatoms. The normalized spacial score (nSPS) is 11.1. The first-order valence-electron chi connectivity index (χ1n) is 39.0. The van der Waals surface area contributed by atoms with Crippen LogP contribution >= 0.6 is 103 Å². The van der Waals surface area contributed by atoms with Crippen LogP contribution < -0.4 is 33.6 Å². The molecule has 636 valence electrons. The molecule has 8 aromatic heterocycles. The number of pyridine rings is 8. The van der Waals surface area contributed by atoms with E-state index in [2.05, 4.69) is 174 Å². The summed E-state index contributed by atoms with van der Waals surface area (Å²) in [6.07, 6.45) is 28.0. The molecule has 0 aromatic carbocycles. The van der Waals surface area contributed by atoms with Crippen LogP contribution in [0.1, 0.15) is 207 Å². The number of halogens is 1. The minimum absolute atomic E-state index is 0.185. The molecule has 0 aliphatic carbocycles. The summed E-state index contributed by atoms with van der Waals surface area (Å²) in [5.41, 5.74) is 29.7. The average Bonchev–Trinajstić information content (AvgIpc) is 0.885. The summed E-state index contributed by atoms with van der Waals surface area (Å²) >= 11 is 15.5. The SMILES string of the molecule is CC(C)(C)OC(=O)NCCCCc1ncccc1SSc1cccnc1CCCNC(=O)OC(C)(C)C.CC(C)(C)Sc1cccnc1CCC#N.CC(C)(C)Sc1cccnc1CCCN.CC(C)(C)Sc1cccnc1CCl.NCCCCc1ncccc1SSc1cccnc1CCCN.NCCCc1ncccc1S.O=O. The van der Waals surface area contributed by atoms with E-state index in [-0.39, 0.29) is 20.3 Å². The zero-order valence-corrected chi connectivity index (χ0v) is 78.0. The van der Waals surface area contributed by atoms with Crippen molar-refractivity contribution in [1.82, 2.24) is 50.5 Å². The Labute approximate surface area is 731 Å². The number of alkyl halides is 1. The molecular formula is C86H126ClN15O6S8. The number of amides is 2. The van der Waals surface area contributed by atoms with Gasteiger partial charge in [-0.25, -0.2) is 9.59 Å². The maximum atomic E-state index is 11.8. The molecule has 8 aromatic rings. The van der Waals surface area contributed by atoms with E-state index in [1.54, 1.807) is 91.5 Å². The number of aromatic nitrogens is 8. The number of nitriles is 1. The van der Waals surface area contributed by atoms with Gasteiger partial charge in [-0.2, -0.15) is 5.26 Å². The number of nitrogens with zero attached hydrogens (tertiary/aromatic N) is 9. The second-order valence-electron chi connectivity index (χ2n) is 30.7. The maximum Gasteiger partial charge on any atom is 0.407 e. The number of unbranched alkanes of at least 4 members (excludes halogenated alkanes) is 2. The molecule has 0 saturated heterocycles. The van der Waals surface area contributed by atoms with Crippen LogP contribution in [-0.4, -0.2) is 117 Å². The predicted octanol–water partition coefficient (Wildman–Crippen LogP) is 21.4. The Kier molecular flexibility index (Phi) is 55.0. The van der Waals surface area contributed by atoms with Gasteiger partial charge in [-0.1, -0.05) is 105 Å². The molecule has 10 N–H and O–H groups in total. The molecule has 0 unspecified atom stereocenters. The number of aryl methyl sites for hydroxylation is 7. The first kappa shape index (κ1) is 106. The van der Waals surface area contributed by atoms with Crippen molar-refractivity contribution >= 4 is 115 Å². The minimum Gasteiger partial charge on any atom is -0.444 e. The topological polar surface area (TPSA) is 342 Å². The van der Waals surface area contributed by atoms with Gasteiger partial charge in [0.25, 0.3) is 0 Å². The molecular weight excluding hydrogens is 1630 g/mol. The maximum absolute atomic E-state index is 11.8. The fourth-order valence-corrected chi connectivity index (χ4v) is 18.2. The predicted molar refractivity (Wildman–Crippen MR) is 495 cm³/mol. The molecule has 0 fully saturated rings. The summed E-state index contributed by atoms with van der Waals surface area (Å²) in [6, 6.07) is 34.5. The molecule has 8 heterocycles. The van der Waals surface area contributed by atoms with Crippen LogP contribution in [0, 0.1) is 21.3 Å². The monoisotopic (exact) mass is 1760 g/mol. The third kappa shape index (κ3) is 51.3. The van der Waals surface area contributed by atoms with Crippen molar-refractivity contribution in [2.75, 3.05) is 39.3 Å². The number of thioether (sulfide) groups is 3. The lowest BCUT2D eigenvalue weighted by Crippen LogP contribution is -2.33. The number of carbonyl (C=O) groups excluding carboxylic acids is 2. The number of carbonyl (C=O) groups is 2. The zero-order chi connectivity index (χ0) is 86.3. The van der Waals surface area contributed by atoms with Gasteiger partial charge in [0.05, 0.1) is 57.5 Å². The molecule has 0 aliphatic heterocycles. The molecule has 116 heavy (non-hydrogen) atoms. The second-order valence-corrected chi connectivity index (χ2v) is 41.5. The van der Waals surface area contributed by atoms with Gasteiger partial charge in [0.15, 0.2) is 0 Å². The molecule has 21 nitrogen and oxygen atoms in total. The number of hydrogen-bond acceptors (Lipinski definition) is 27. The lowest BCUT2D eigenvalue weighted by atomic mass is 10.2. The number of ether oxygens (including phenoxy) is 2. The van der Waals surface area contributed by atoms with Gasteiger partial charge >= 0.3 is 12.2 Å². The van der Waals surface area contributed by atoms with Crippen molar-refractivity contribution in [1.29, 1.82) is 5.26 Å². The van der Waals surface area contributed by atoms with Crippen LogP contribution in [0.15, 0.2) is 186 Å². The highest BCUT2D eigenvalue weighted by atomic mass is 35.5. The van der Waals surface area contributed by atoms with E-state index in [0.29, 0.717) is 38.5 Å². The largest absolute Gasteiger partial charge is 0.444 e. The van der Waals surface area contributed by atoms with Gasteiger partial charge in [-0.3, -0.25) is 39.9 Å². The Bertz CT molecular complexity index is 4070. The Balaban J connectivity index is 0.000000498. The fraction of sp³-hybridized carbons (Fsp3) is 0.500. The molecule has 2 amide bonds. The summed E-state index contributed by atoms with van der Waals surface area (Å²) in [7, 11) is 6.85. The summed E-state index contributed by atoms with van der Waals surface area (Å²) in [5, 5.41) is 14.2. The Hall–Kier alpha value is -6.24. The fourth-order valence-electron chi connectivity index (χ4n) is 9.67. The van der Waals surface area contributed by atoms with Gasteiger partial charge < -0.3 is 43.0 Å². The van der Waals surface area contributed by atoms with Crippen molar-refractivity contribution in [3.8, 4) is 6.07 Å². The Morgan fingerprint density at radius 1 is 0.379 bits per heavy atom. The van der Waals surface area contributed by atoms with Crippen molar-refractivity contribution < 1.29 is 19.1 Å². The molecule has 0 bridgehead atoms.